The number of carboxylic acids is 1. The molecule has 2 N–H and O–H groups in total. The number of anilines is 1. The van der Waals surface area contributed by atoms with Crippen LogP contribution in [-0.4, -0.2) is 35.6 Å². The number of carbonyl (C=O) groups is 1. The van der Waals surface area contributed by atoms with Gasteiger partial charge in [-0.25, -0.2) is 4.79 Å². The molecule has 0 bridgehead atoms. The highest BCUT2D eigenvalue weighted by Gasteiger charge is 2.40. The average molecular weight is 462 g/mol. The van der Waals surface area contributed by atoms with Gasteiger partial charge in [-0.1, -0.05) is 28.1 Å². The highest BCUT2D eigenvalue weighted by molar-refractivity contribution is 9.10. The summed E-state index contributed by atoms with van der Waals surface area (Å²) in [5, 5.41) is 13.0. The monoisotopic (exact) mass is 461 g/mol. The Morgan fingerprint density at radius 1 is 1.14 bits per heavy atom. The molecule has 2 aromatic rings. The Balaban J connectivity index is 1.47. The van der Waals surface area contributed by atoms with Crippen LogP contribution in [0.3, 0.4) is 0 Å². The van der Waals surface area contributed by atoms with Crippen LogP contribution in [0.25, 0.3) is 0 Å². The van der Waals surface area contributed by atoms with E-state index in [1.807, 2.05) is 49.4 Å². The molecule has 2 aliphatic heterocycles. The molecule has 2 aliphatic rings. The number of ether oxygens (including phenoxy) is 3. The minimum atomic E-state index is -0.991. The molecule has 0 atom stereocenters. The third-order valence-electron chi connectivity index (χ3n) is 5.53. The summed E-state index contributed by atoms with van der Waals surface area (Å²) in [5.41, 5.74) is 0.857. The molecule has 0 aliphatic carbocycles. The molecule has 0 spiro atoms. The van der Waals surface area contributed by atoms with Crippen LogP contribution in [0.2, 0.25) is 0 Å². The van der Waals surface area contributed by atoms with E-state index in [-0.39, 0.29) is 0 Å². The Kier molecular flexibility index (Phi) is 5.44. The van der Waals surface area contributed by atoms with Gasteiger partial charge in [0.15, 0.2) is 11.5 Å². The third-order valence-corrected chi connectivity index (χ3v) is 6.31. The molecule has 1 saturated heterocycles. The highest BCUT2D eigenvalue weighted by Crippen LogP contribution is 2.41. The molecule has 2 heterocycles. The number of hydrogen-bond donors (Lipinski definition) is 2. The normalized spacial score (nSPS) is 19.0. The number of hydrogen-bond acceptors (Lipinski definition) is 5. The number of nitrogens with one attached hydrogen (secondary N) is 1. The quantitative estimate of drug-likeness (QED) is 0.653. The molecule has 0 saturated carbocycles. The Hall–Kier alpha value is -2.25. The number of rotatable bonds is 6. The number of para-hydroxylation sites is 2. The number of fused-ring (bicyclic) bond motifs is 1. The molecule has 0 amide bonds. The van der Waals surface area contributed by atoms with Gasteiger partial charge in [0.1, 0.15) is 5.54 Å². The molecule has 154 valence electrons. The van der Waals surface area contributed by atoms with Crippen molar-refractivity contribution in [2.75, 3.05) is 18.5 Å². The van der Waals surface area contributed by atoms with Crippen LogP contribution in [-0.2, 0) is 16.0 Å². The van der Waals surface area contributed by atoms with Crippen LogP contribution < -0.4 is 14.8 Å². The summed E-state index contributed by atoms with van der Waals surface area (Å²) in [5.74, 6) is -0.0571. The van der Waals surface area contributed by atoms with Crippen LogP contribution in [0.5, 0.6) is 11.5 Å². The zero-order valence-electron chi connectivity index (χ0n) is 16.2. The highest BCUT2D eigenvalue weighted by atomic mass is 79.9. The smallest absolute Gasteiger partial charge is 0.329 e. The first kappa shape index (κ1) is 20.0. The van der Waals surface area contributed by atoms with Crippen LogP contribution in [0.1, 0.15) is 31.7 Å². The van der Waals surface area contributed by atoms with E-state index in [1.165, 1.54) is 0 Å². The number of carboxylic acid groups (broad SMARTS) is 1. The van der Waals surface area contributed by atoms with E-state index in [9.17, 15) is 9.90 Å². The maximum Gasteiger partial charge on any atom is 0.329 e. The Labute approximate surface area is 178 Å². The van der Waals surface area contributed by atoms with Crippen LogP contribution >= 0.6 is 15.9 Å². The summed E-state index contributed by atoms with van der Waals surface area (Å²) < 4.78 is 18.3. The molecule has 2 aromatic carbocycles. The third kappa shape index (κ3) is 4.21. The Morgan fingerprint density at radius 3 is 2.41 bits per heavy atom. The number of aliphatic carboxylic acids is 1. The predicted octanol–water partition coefficient (Wildman–Crippen LogP) is 4.62. The maximum absolute atomic E-state index is 11.9. The first-order valence-electron chi connectivity index (χ1n) is 9.74. The van der Waals surface area contributed by atoms with Crippen LogP contribution in [0.15, 0.2) is 46.9 Å². The summed E-state index contributed by atoms with van der Waals surface area (Å²) in [6.45, 7) is 2.82. The molecular formula is C22H24BrNO5. The molecule has 0 unspecified atom stereocenters. The van der Waals surface area contributed by atoms with Gasteiger partial charge >= 0.3 is 5.97 Å². The summed E-state index contributed by atoms with van der Waals surface area (Å²) >= 11 is 3.61. The summed E-state index contributed by atoms with van der Waals surface area (Å²) in [6.07, 6.45) is 2.24. The molecule has 6 nitrogen and oxygen atoms in total. The summed E-state index contributed by atoms with van der Waals surface area (Å²) in [6, 6.07) is 13.5. The first-order chi connectivity index (χ1) is 13.9. The second-order valence-corrected chi connectivity index (χ2v) is 8.57. The van der Waals surface area contributed by atoms with Crippen LogP contribution in [0, 0.1) is 0 Å². The summed E-state index contributed by atoms with van der Waals surface area (Å²) in [7, 11) is 0. The van der Waals surface area contributed by atoms with Crippen molar-refractivity contribution in [1.82, 2.24) is 0 Å². The second-order valence-electron chi connectivity index (χ2n) is 7.72. The van der Waals surface area contributed by atoms with E-state index in [0.717, 1.165) is 27.2 Å². The fourth-order valence-corrected chi connectivity index (χ4v) is 4.25. The van der Waals surface area contributed by atoms with Crippen molar-refractivity contribution in [3.8, 4) is 11.5 Å². The van der Waals surface area contributed by atoms with Crippen molar-refractivity contribution >= 4 is 27.6 Å². The van der Waals surface area contributed by atoms with Gasteiger partial charge < -0.3 is 24.6 Å². The van der Waals surface area contributed by atoms with Gasteiger partial charge in [-0.3, -0.25) is 0 Å². The van der Waals surface area contributed by atoms with Gasteiger partial charge in [0.25, 0.3) is 0 Å². The number of halogens is 1. The number of aryl methyl sites for hydroxylation is 1. The van der Waals surface area contributed by atoms with Crippen molar-refractivity contribution in [1.29, 1.82) is 0 Å². The lowest BCUT2D eigenvalue weighted by molar-refractivity contribution is -0.145. The van der Waals surface area contributed by atoms with Gasteiger partial charge in [-0.2, -0.15) is 0 Å². The first-order valence-corrected chi connectivity index (χ1v) is 10.5. The molecular weight excluding hydrogens is 438 g/mol. The van der Waals surface area contributed by atoms with E-state index in [2.05, 4.69) is 21.2 Å². The lowest BCUT2D eigenvalue weighted by Crippen LogP contribution is -2.50. The SMILES string of the molecule is CC1(CCc2cc(NC3(C(=O)O)CCOCC3)ccc2Br)Oc2ccccc2O1. The Morgan fingerprint density at radius 2 is 1.79 bits per heavy atom. The molecule has 7 heteroatoms. The minimum Gasteiger partial charge on any atom is -0.480 e. The maximum atomic E-state index is 11.9. The topological polar surface area (TPSA) is 77.0 Å². The average Bonchev–Trinajstić information content (AvgIpc) is 3.05. The summed E-state index contributed by atoms with van der Waals surface area (Å²) in [4.78, 5) is 11.9. The van der Waals surface area contributed by atoms with Crippen molar-refractivity contribution in [3.63, 3.8) is 0 Å². The van der Waals surface area contributed by atoms with E-state index < -0.39 is 17.3 Å². The molecule has 1 fully saturated rings. The van der Waals surface area contributed by atoms with Crippen molar-refractivity contribution in [2.24, 2.45) is 0 Å². The standard InChI is InChI=1S/C22H24BrNO5/c1-21(28-18-4-2-3-5-19(18)29-21)9-8-15-14-16(6-7-17(15)23)24-22(20(25)26)10-12-27-13-11-22/h2-7,14,24H,8-13H2,1H3,(H,25,26). The second kappa shape index (κ2) is 7.88. The van der Waals surface area contributed by atoms with E-state index in [1.54, 1.807) is 0 Å². The van der Waals surface area contributed by atoms with Crippen molar-refractivity contribution in [2.45, 2.75) is 43.9 Å². The molecule has 0 aromatic heterocycles. The molecule has 0 radical (unpaired) electrons. The predicted molar refractivity (Wildman–Crippen MR) is 113 cm³/mol. The lowest BCUT2D eigenvalue weighted by atomic mass is 9.89. The largest absolute Gasteiger partial charge is 0.480 e. The van der Waals surface area contributed by atoms with Gasteiger partial charge in [-0.15, -0.1) is 0 Å². The van der Waals surface area contributed by atoms with Gasteiger partial charge in [-0.05, 0) is 42.3 Å². The van der Waals surface area contributed by atoms with Crippen LogP contribution in [0.4, 0.5) is 5.69 Å². The molecule has 4 rings (SSSR count). The van der Waals surface area contributed by atoms with E-state index in [4.69, 9.17) is 14.2 Å². The molecule has 29 heavy (non-hydrogen) atoms. The van der Waals surface area contributed by atoms with Crippen molar-refractivity contribution in [3.05, 3.63) is 52.5 Å². The van der Waals surface area contributed by atoms with Crippen molar-refractivity contribution < 1.29 is 24.1 Å². The minimum absolute atomic E-state index is 0.436. The lowest BCUT2D eigenvalue weighted by Gasteiger charge is -2.35. The zero-order chi connectivity index (χ0) is 20.5. The fourth-order valence-electron chi connectivity index (χ4n) is 3.80. The van der Waals surface area contributed by atoms with Gasteiger partial charge in [0.2, 0.25) is 5.79 Å². The van der Waals surface area contributed by atoms with Gasteiger partial charge in [0.05, 0.1) is 0 Å². The van der Waals surface area contributed by atoms with E-state index in [0.29, 0.717) is 38.9 Å². The fraction of sp³-hybridized carbons (Fsp3) is 0.409. The number of benzene rings is 2. The van der Waals surface area contributed by atoms with E-state index >= 15 is 0 Å². The zero-order valence-corrected chi connectivity index (χ0v) is 17.8. The van der Waals surface area contributed by atoms with Gasteiger partial charge in [0, 0.05) is 49.6 Å². The Bertz CT molecular complexity index is 885.